The molecule has 0 radical (unpaired) electrons. The van der Waals surface area contributed by atoms with Crippen LogP contribution in [0.1, 0.15) is 30.1 Å². The Kier molecular flexibility index (Phi) is 3.97. The van der Waals surface area contributed by atoms with Gasteiger partial charge in [0.25, 0.3) is 0 Å². The lowest BCUT2D eigenvalue weighted by Crippen LogP contribution is -2.37. The lowest BCUT2D eigenvalue weighted by molar-refractivity contribution is 0.110. The molecule has 98 valence electrons. The molecule has 4 heteroatoms. The van der Waals surface area contributed by atoms with E-state index in [0.29, 0.717) is 17.8 Å². The Labute approximate surface area is 106 Å². The van der Waals surface area contributed by atoms with E-state index < -0.39 is 0 Å². The molecule has 1 saturated heterocycles. The first-order valence-electron chi connectivity index (χ1n) is 6.29. The number of nitrogens with zero attached hydrogens (tertiary/aromatic N) is 1. The molecule has 0 amide bonds. The maximum atomic E-state index is 13.3. The summed E-state index contributed by atoms with van der Waals surface area (Å²) in [6, 6.07) is 4.40. The molecular weight excluding hydrogens is 233 g/mol. The second-order valence-corrected chi connectivity index (χ2v) is 4.93. The fourth-order valence-electron chi connectivity index (χ4n) is 2.49. The van der Waals surface area contributed by atoms with Crippen LogP contribution in [-0.2, 0) is 0 Å². The zero-order chi connectivity index (χ0) is 13.1. The van der Waals surface area contributed by atoms with Crippen LogP contribution in [0.5, 0.6) is 0 Å². The highest BCUT2D eigenvalue weighted by Gasteiger charge is 2.23. The molecule has 1 aromatic carbocycles. The van der Waals surface area contributed by atoms with Gasteiger partial charge < -0.3 is 10.0 Å². The maximum absolute atomic E-state index is 13.3. The average molecular weight is 251 g/mol. The van der Waals surface area contributed by atoms with E-state index in [1.54, 1.807) is 6.07 Å². The number of hydrogen-bond donors (Lipinski definition) is 1. The van der Waals surface area contributed by atoms with Crippen LogP contribution < -0.4 is 4.90 Å². The molecule has 3 nitrogen and oxygen atoms in total. The van der Waals surface area contributed by atoms with Crippen molar-refractivity contribution in [1.29, 1.82) is 0 Å². The van der Waals surface area contributed by atoms with Crippen LogP contribution in [0.2, 0.25) is 0 Å². The number of carbonyl (C=O) groups is 1. The monoisotopic (exact) mass is 251 g/mol. The van der Waals surface area contributed by atoms with Crippen LogP contribution in [0.4, 0.5) is 10.1 Å². The van der Waals surface area contributed by atoms with Crippen molar-refractivity contribution in [2.24, 2.45) is 5.92 Å². The molecule has 1 heterocycles. The van der Waals surface area contributed by atoms with Gasteiger partial charge in [-0.2, -0.15) is 0 Å². The number of aliphatic hydroxyl groups excluding tert-OH is 1. The number of piperidine rings is 1. The van der Waals surface area contributed by atoms with Gasteiger partial charge in [0.2, 0.25) is 0 Å². The van der Waals surface area contributed by atoms with Crippen molar-refractivity contribution in [3.63, 3.8) is 0 Å². The van der Waals surface area contributed by atoms with Crippen molar-refractivity contribution in [1.82, 2.24) is 0 Å². The summed E-state index contributed by atoms with van der Waals surface area (Å²) in [5.74, 6) is -0.0624. The summed E-state index contributed by atoms with van der Waals surface area (Å²) in [5.41, 5.74) is 1.11. The zero-order valence-corrected chi connectivity index (χ0v) is 10.5. The number of aliphatic hydroxyl groups is 1. The summed E-state index contributed by atoms with van der Waals surface area (Å²) < 4.78 is 13.3. The van der Waals surface area contributed by atoms with E-state index >= 15 is 0 Å². The van der Waals surface area contributed by atoms with E-state index in [9.17, 15) is 14.3 Å². The van der Waals surface area contributed by atoms with Crippen molar-refractivity contribution >= 4 is 12.0 Å². The summed E-state index contributed by atoms with van der Waals surface area (Å²) in [6.07, 6.45) is 2.16. The van der Waals surface area contributed by atoms with Crippen LogP contribution in [-0.4, -0.2) is 30.6 Å². The Bertz CT molecular complexity index is 426. The van der Waals surface area contributed by atoms with Gasteiger partial charge in [0.15, 0.2) is 0 Å². The summed E-state index contributed by atoms with van der Waals surface area (Å²) in [6.45, 7) is 3.39. The normalized spacial score (nSPS) is 18.7. The molecule has 1 aliphatic rings. The van der Waals surface area contributed by atoms with Gasteiger partial charge in [-0.3, -0.25) is 4.79 Å². The molecule has 1 atom stereocenters. The summed E-state index contributed by atoms with van der Waals surface area (Å²) in [7, 11) is 0. The van der Waals surface area contributed by atoms with Crippen molar-refractivity contribution in [3.05, 3.63) is 29.6 Å². The number of benzene rings is 1. The second kappa shape index (κ2) is 5.48. The number of rotatable bonds is 3. The molecule has 0 aromatic heterocycles. The minimum atomic E-state index is -0.382. The lowest BCUT2D eigenvalue weighted by Gasteiger charge is -2.34. The summed E-state index contributed by atoms with van der Waals surface area (Å²) in [5, 5.41) is 9.54. The van der Waals surface area contributed by atoms with Crippen molar-refractivity contribution < 1.29 is 14.3 Å². The Morgan fingerprint density at radius 3 is 2.61 bits per heavy atom. The minimum absolute atomic E-state index is 0.287. The number of halogens is 1. The van der Waals surface area contributed by atoms with Gasteiger partial charge in [-0.15, -0.1) is 0 Å². The van der Waals surface area contributed by atoms with Crippen molar-refractivity contribution in [3.8, 4) is 0 Å². The standard InChI is InChI=1S/C14H18FNO2/c1-10(18)12-2-4-16(5-3-12)14-7-11(9-17)6-13(15)8-14/h6-10,12,18H,2-5H2,1H3. The van der Waals surface area contributed by atoms with Gasteiger partial charge >= 0.3 is 0 Å². The molecule has 0 bridgehead atoms. The van der Waals surface area contributed by atoms with Gasteiger partial charge in [0, 0.05) is 24.3 Å². The predicted molar refractivity (Wildman–Crippen MR) is 68.4 cm³/mol. The van der Waals surface area contributed by atoms with E-state index in [1.807, 2.05) is 6.92 Å². The number of anilines is 1. The molecule has 1 N–H and O–H groups in total. The highest BCUT2D eigenvalue weighted by molar-refractivity contribution is 5.77. The Morgan fingerprint density at radius 1 is 1.39 bits per heavy atom. The van der Waals surface area contributed by atoms with E-state index in [1.165, 1.54) is 12.1 Å². The molecule has 0 saturated carbocycles. The van der Waals surface area contributed by atoms with Gasteiger partial charge in [-0.25, -0.2) is 4.39 Å². The van der Waals surface area contributed by atoms with Crippen molar-refractivity contribution in [2.45, 2.75) is 25.9 Å². The largest absolute Gasteiger partial charge is 0.393 e. The fourth-order valence-corrected chi connectivity index (χ4v) is 2.49. The minimum Gasteiger partial charge on any atom is -0.393 e. The predicted octanol–water partition coefficient (Wildman–Crippen LogP) is 2.24. The summed E-state index contributed by atoms with van der Waals surface area (Å²) in [4.78, 5) is 12.8. The number of hydrogen-bond acceptors (Lipinski definition) is 3. The van der Waals surface area contributed by atoms with E-state index in [-0.39, 0.29) is 11.9 Å². The SMILES string of the molecule is CC(O)C1CCN(c2cc(F)cc(C=O)c2)CC1. The number of aldehydes is 1. The maximum Gasteiger partial charge on any atom is 0.150 e. The van der Waals surface area contributed by atoms with Crippen LogP contribution in [0, 0.1) is 11.7 Å². The molecule has 0 aliphatic carbocycles. The molecule has 0 spiro atoms. The first kappa shape index (κ1) is 13.0. The van der Waals surface area contributed by atoms with Gasteiger partial charge in [0.05, 0.1) is 6.10 Å². The second-order valence-electron chi connectivity index (χ2n) is 4.93. The highest BCUT2D eigenvalue weighted by atomic mass is 19.1. The molecular formula is C14H18FNO2. The number of carbonyl (C=O) groups excluding carboxylic acids is 1. The topological polar surface area (TPSA) is 40.5 Å². The quantitative estimate of drug-likeness (QED) is 0.837. The highest BCUT2D eigenvalue weighted by Crippen LogP contribution is 2.26. The van der Waals surface area contributed by atoms with Crippen LogP contribution in [0.3, 0.4) is 0 Å². The van der Waals surface area contributed by atoms with E-state index in [2.05, 4.69) is 4.90 Å². The van der Waals surface area contributed by atoms with Gasteiger partial charge in [0.1, 0.15) is 12.1 Å². The first-order chi connectivity index (χ1) is 8.60. The molecule has 1 unspecified atom stereocenters. The van der Waals surface area contributed by atoms with Crippen molar-refractivity contribution in [2.75, 3.05) is 18.0 Å². The summed E-state index contributed by atoms with van der Waals surface area (Å²) >= 11 is 0. The van der Waals surface area contributed by atoms with Crippen LogP contribution in [0.15, 0.2) is 18.2 Å². The van der Waals surface area contributed by atoms with Crippen LogP contribution >= 0.6 is 0 Å². The molecule has 1 aromatic rings. The third-order valence-corrected chi connectivity index (χ3v) is 3.63. The Balaban J connectivity index is 2.09. The van der Waals surface area contributed by atoms with E-state index in [4.69, 9.17) is 0 Å². The molecule has 1 fully saturated rings. The third kappa shape index (κ3) is 2.88. The fraction of sp³-hybridized carbons (Fsp3) is 0.500. The smallest absolute Gasteiger partial charge is 0.150 e. The average Bonchev–Trinajstić information content (AvgIpc) is 2.38. The lowest BCUT2D eigenvalue weighted by atomic mass is 9.92. The van der Waals surface area contributed by atoms with Crippen LogP contribution in [0.25, 0.3) is 0 Å². The first-order valence-corrected chi connectivity index (χ1v) is 6.29. The molecule has 18 heavy (non-hydrogen) atoms. The zero-order valence-electron chi connectivity index (χ0n) is 10.5. The Morgan fingerprint density at radius 2 is 2.06 bits per heavy atom. The Hall–Kier alpha value is -1.42. The van der Waals surface area contributed by atoms with Gasteiger partial charge in [-0.1, -0.05) is 0 Å². The molecule has 2 rings (SSSR count). The third-order valence-electron chi connectivity index (χ3n) is 3.63. The van der Waals surface area contributed by atoms with E-state index in [0.717, 1.165) is 31.6 Å². The molecule has 1 aliphatic heterocycles. The van der Waals surface area contributed by atoms with Gasteiger partial charge in [-0.05, 0) is 43.9 Å².